The van der Waals surface area contributed by atoms with E-state index in [1.165, 1.54) is 24.0 Å². The Morgan fingerprint density at radius 2 is 2.24 bits per heavy atom. The second-order valence-electron chi connectivity index (χ2n) is 6.16. The summed E-state index contributed by atoms with van der Waals surface area (Å²) in [4.78, 5) is 0. The maximum atomic E-state index is 5.70. The second kappa shape index (κ2) is 7.25. The highest BCUT2D eigenvalue weighted by molar-refractivity contribution is 5.39. The predicted molar refractivity (Wildman–Crippen MR) is 83.3 cm³/mol. The molecule has 3 rings (SSSR count). The number of rotatable bonds is 7. The normalized spacial score (nSPS) is 22.0. The third-order valence-electron chi connectivity index (χ3n) is 4.63. The van der Waals surface area contributed by atoms with Crippen LogP contribution in [0.1, 0.15) is 43.2 Å². The number of nitrogens with two attached hydrogens (primary N) is 1. The van der Waals surface area contributed by atoms with Crippen molar-refractivity contribution in [2.75, 3.05) is 13.2 Å². The fourth-order valence-electron chi connectivity index (χ4n) is 3.31. The molecule has 3 N–H and O–H groups in total. The molecule has 0 amide bonds. The van der Waals surface area contributed by atoms with Gasteiger partial charge in [0.25, 0.3) is 0 Å². The van der Waals surface area contributed by atoms with E-state index in [2.05, 4.69) is 23.6 Å². The van der Waals surface area contributed by atoms with Crippen LogP contribution in [-0.4, -0.2) is 25.4 Å². The molecule has 2 unspecified atom stereocenters. The maximum Gasteiger partial charge on any atom is 0.122 e. The number of hydrogen-bond donors (Lipinski definition) is 2. The Morgan fingerprint density at radius 3 is 3.05 bits per heavy atom. The number of benzene rings is 1. The highest BCUT2D eigenvalue weighted by Gasteiger charge is 2.18. The van der Waals surface area contributed by atoms with Gasteiger partial charge in [0.2, 0.25) is 0 Å². The van der Waals surface area contributed by atoms with Crippen LogP contribution in [0.3, 0.4) is 0 Å². The Balaban J connectivity index is 1.45. The lowest BCUT2D eigenvalue weighted by atomic mass is 9.98. The van der Waals surface area contributed by atoms with Crippen molar-refractivity contribution in [3.8, 4) is 5.75 Å². The van der Waals surface area contributed by atoms with Crippen molar-refractivity contribution in [2.24, 2.45) is 5.84 Å². The molecule has 0 aromatic heterocycles. The molecule has 0 aliphatic carbocycles. The molecule has 2 heterocycles. The Hall–Kier alpha value is -1.10. The van der Waals surface area contributed by atoms with Crippen LogP contribution in [0.4, 0.5) is 0 Å². The lowest BCUT2D eigenvalue weighted by Crippen LogP contribution is -2.36. The van der Waals surface area contributed by atoms with Crippen molar-refractivity contribution in [1.29, 1.82) is 0 Å². The quantitative estimate of drug-likeness (QED) is 0.598. The molecule has 0 bridgehead atoms. The minimum Gasteiger partial charge on any atom is -0.493 e. The minimum absolute atomic E-state index is 0.374. The van der Waals surface area contributed by atoms with Crippen LogP contribution in [0.5, 0.6) is 5.75 Å². The van der Waals surface area contributed by atoms with Crippen LogP contribution in [-0.2, 0) is 17.6 Å². The van der Waals surface area contributed by atoms with Crippen molar-refractivity contribution in [3.63, 3.8) is 0 Å². The fourth-order valence-corrected chi connectivity index (χ4v) is 3.31. The van der Waals surface area contributed by atoms with Gasteiger partial charge >= 0.3 is 0 Å². The summed E-state index contributed by atoms with van der Waals surface area (Å²) in [5.74, 6) is 6.76. The summed E-state index contributed by atoms with van der Waals surface area (Å²) in [6.07, 6.45) is 8.27. The van der Waals surface area contributed by atoms with Gasteiger partial charge in [0.15, 0.2) is 0 Å². The predicted octanol–water partition coefficient (Wildman–Crippen LogP) is 2.35. The van der Waals surface area contributed by atoms with Gasteiger partial charge in [-0.1, -0.05) is 12.1 Å². The van der Waals surface area contributed by atoms with Gasteiger partial charge < -0.3 is 9.47 Å². The van der Waals surface area contributed by atoms with Crippen molar-refractivity contribution in [3.05, 3.63) is 29.3 Å². The summed E-state index contributed by atoms with van der Waals surface area (Å²) < 4.78 is 11.2. The number of nitrogens with one attached hydrogen (secondary N) is 1. The lowest BCUT2D eigenvalue weighted by molar-refractivity contribution is 0.0993. The molecule has 1 aromatic carbocycles. The van der Waals surface area contributed by atoms with E-state index in [-0.39, 0.29) is 0 Å². The van der Waals surface area contributed by atoms with Crippen LogP contribution in [0.2, 0.25) is 0 Å². The third kappa shape index (κ3) is 3.96. The summed E-state index contributed by atoms with van der Waals surface area (Å²) in [6.45, 7) is 1.76. The van der Waals surface area contributed by atoms with Gasteiger partial charge in [-0.05, 0) is 55.7 Å². The van der Waals surface area contributed by atoms with Gasteiger partial charge in [0.05, 0.1) is 12.7 Å². The van der Waals surface area contributed by atoms with Crippen molar-refractivity contribution in [1.82, 2.24) is 5.43 Å². The summed E-state index contributed by atoms with van der Waals surface area (Å²) in [5, 5.41) is 0. The zero-order valence-corrected chi connectivity index (χ0v) is 12.6. The standard InChI is InChI=1S/C17H26N2O2/c18-19-15(6-7-16-2-1-10-20-16)5-3-13-4-8-17-14(12-13)9-11-21-17/h4,8,12,15-16,19H,1-3,5-7,9-11,18H2. The second-order valence-corrected chi connectivity index (χ2v) is 6.16. The van der Waals surface area contributed by atoms with Crippen LogP contribution in [0.25, 0.3) is 0 Å². The largest absolute Gasteiger partial charge is 0.493 e. The first-order valence-electron chi connectivity index (χ1n) is 8.17. The monoisotopic (exact) mass is 290 g/mol. The summed E-state index contributed by atoms with van der Waals surface area (Å²) in [6, 6.07) is 6.95. The summed E-state index contributed by atoms with van der Waals surface area (Å²) in [5.41, 5.74) is 5.71. The highest BCUT2D eigenvalue weighted by Crippen LogP contribution is 2.26. The van der Waals surface area contributed by atoms with Crippen LogP contribution in [0.15, 0.2) is 18.2 Å². The average Bonchev–Trinajstić information content (AvgIpc) is 3.18. The van der Waals surface area contributed by atoms with E-state index >= 15 is 0 Å². The molecule has 4 heteroatoms. The molecule has 1 saturated heterocycles. The molecule has 0 radical (unpaired) electrons. The lowest BCUT2D eigenvalue weighted by Gasteiger charge is -2.18. The highest BCUT2D eigenvalue weighted by atomic mass is 16.5. The van der Waals surface area contributed by atoms with Gasteiger partial charge in [-0.2, -0.15) is 0 Å². The number of ether oxygens (including phenoxy) is 2. The topological polar surface area (TPSA) is 56.5 Å². The molecule has 4 nitrogen and oxygen atoms in total. The summed E-state index contributed by atoms with van der Waals surface area (Å²) >= 11 is 0. The Morgan fingerprint density at radius 1 is 1.29 bits per heavy atom. The van der Waals surface area contributed by atoms with Gasteiger partial charge in [-0.3, -0.25) is 11.3 Å². The van der Waals surface area contributed by atoms with E-state index in [9.17, 15) is 0 Å². The Bertz CT molecular complexity index is 458. The molecule has 2 atom stereocenters. The van der Waals surface area contributed by atoms with E-state index in [0.717, 1.165) is 51.1 Å². The van der Waals surface area contributed by atoms with E-state index < -0.39 is 0 Å². The molecular weight excluding hydrogens is 264 g/mol. The van der Waals surface area contributed by atoms with Gasteiger partial charge in [-0.15, -0.1) is 0 Å². The number of hydrogen-bond acceptors (Lipinski definition) is 4. The molecule has 0 spiro atoms. The third-order valence-corrected chi connectivity index (χ3v) is 4.63. The first kappa shape index (κ1) is 14.8. The zero-order valence-electron chi connectivity index (χ0n) is 12.6. The van der Waals surface area contributed by atoms with Gasteiger partial charge in [0, 0.05) is 19.1 Å². The van der Waals surface area contributed by atoms with Gasteiger partial charge in [-0.25, -0.2) is 0 Å². The van der Waals surface area contributed by atoms with Crippen LogP contribution >= 0.6 is 0 Å². The van der Waals surface area contributed by atoms with Gasteiger partial charge in [0.1, 0.15) is 5.75 Å². The zero-order chi connectivity index (χ0) is 14.5. The van der Waals surface area contributed by atoms with Crippen molar-refractivity contribution in [2.45, 2.75) is 57.1 Å². The first-order chi connectivity index (χ1) is 10.3. The van der Waals surface area contributed by atoms with Crippen LogP contribution in [0, 0.1) is 0 Å². The van der Waals surface area contributed by atoms with E-state index in [1.54, 1.807) is 0 Å². The number of fused-ring (bicyclic) bond motifs is 1. The van der Waals surface area contributed by atoms with Crippen molar-refractivity contribution < 1.29 is 9.47 Å². The SMILES string of the molecule is NNC(CCc1ccc2c(c1)CCO2)CCC1CCCO1. The van der Waals surface area contributed by atoms with Crippen LogP contribution < -0.4 is 16.0 Å². The maximum absolute atomic E-state index is 5.70. The Kier molecular flexibility index (Phi) is 5.12. The Labute approximate surface area is 127 Å². The number of aryl methyl sites for hydroxylation is 1. The van der Waals surface area contributed by atoms with E-state index in [1.807, 2.05) is 0 Å². The molecular formula is C17H26N2O2. The molecule has 0 saturated carbocycles. The van der Waals surface area contributed by atoms with E-state index in [0.29, 0.717) is 12.1 Å². The molecule has 2 aliphatic heterocycles. The summed E-state index contributed by atoms with van der Waals surface area (Å²) in [7, 11) is 0. The molecule has 1 aromatic rings. The molecule has 21 heavy (non-hydrogen) atoms. The first-order valence-corrected chi connectivity index (χ1v) is 8.17. The van der Waals surface area contributed by atoms with E-state index in [4.69, 9.17) is 15.3 Å². The smallest absolute Gasteiger partial charge is 0.122 e. The minimum atomic E-state index is 0.374. The van der Waals surface area contributed by atoms with Crippen molar-refractivity contribution >= 4 is 0 Å². The molecule has 116 valence electrons. The fraction of sp³-hybridized carbons (Fsp3) is 0.647. The molecule has 1 fully saturated rings. The average molecular weight is 290 g/mol. The molecule has 2 aliphatic rings. The number of hydrazine groups is 1.